The maximum absolute atomic E-state index is 9.43. The van der Waals surface area contributed by atoms with Gasteiger partial charge in [0, 0.05) is 6.04 Å². The number of hydrogen-bond donors (Lipinski definition) is 2. The van der Waals surface area contributed by atoms with Crippen LogP contribution in [0.4, 0.5) is 0 Å². The molecule has 0 spiro atoms. The molecular weight excluding hydrogens is 198 g/mol. The van der Waals surface area contributed by atoms with Crippen molar-refractivity contribution in [2.45, 2.75) is 45.2 Å². The highest BCUT2D eigenvalue weighted by Crippen LogP contribution is 2.14. The van der Waals surface area contributed by atoms with Crippen LogP contribution in [-0.4, -0.2) is 17.8 Å². The van der Waals surface area contributed by atoms with Crippen LogP contribution in [0.3, 0.4) is 0 Å². The lowest BCUT2D eigenvalue weighted by atomic mass is 10.0. The van der Waals surface area contributed by atoms with Crippen LogP contribution in [0.2, 0.25) is 0 Å². The Hall–Kier alpha value is -0.860. The van der Waals surface area contributed by atoms with Crippen molar-refractivity contribution in [3.8, 4) is 0 Å². The molecule has 16 heavy (non-hydrogen) atoms. The molecule has 2 nitrogen and oxygen atoms in total. The molecule has 1 aromatic rings. The highest BCUT2D eigenvalue weighted by atomic mass is 16.3. The van der Waals surface area contributed by atoms with E-state index in [4.69, 9.17) is 0 Å². The highest BCUT2D eigenvalue weighted by molar-refractivity contribution is 5.19. The predicted molar refractivity (Wildman–Crippen MR) is 68.4 cm³/mol. The van der Waals surface area contributed by atoms with Crippen molar-refractivity contribution < 1.29 is 5.11 Å². The Morgan fingerprint density at radius 3 is 2.38 bits per heavy atom. The monoisotopic (exact) mass is 221 g/mol. The Bertz CT molecular complexity index is 273. The van der Waals surface area contributed by atoms with E-state index in [0.29, 0.717) is 6.04 Å². The summed E-state index contributed by atoms with van der Waals surface area (Å²) in [5.74, 6) is 0. The van der Waals surface area contributed by atoms with E-state index in [0.717, 1.165) is 6.42 Å². The minimum atomic E-state index is 0.0673. The van der Waals surface area contributed by atoms with Crippen molar-refractivity contribution in [1.82, 2.24) is 5.32 Å². The molecule has 0 bridgehead atoms. The van der Waals surface area contributed by atoms with E-state index in [1.165, 1.54) is 18.4 Å². The number of benzene rings is 1. The molecule has 2 unspecified atom stereocenters. The summed E-state index contributed by atoms with van der Waals surface area (Å²) in [6.07, 6.45) is 3.45. The fraction of sp³-hybridized carbons (Fsp3) is 0.571. The van der Waals surface area contributed by atoms with Crippen LogP contribution in [-0.2, 0) is 0 Å². The number of hydrogen-bond acceptors (Lipinski definition) is 2. The maximum Gasteiger partial charge on any atom is 0.0626 e. The first-order valence-electron chi connectivity index (χ1n) is 6.23. The third kappa shape index (κ3) is 3.95. The Morgan fingerprint density at radius 1 is 1.19 bits per heavy atom. The van der Waals surface area contributed by atoms with Crippen LogP contribution in [0, 0.1) is 0 Å². The largest absolute Gasteiger partial charge is 0.394 e. The van der Waals surface area contributed by atoms with Crippen molar-refractivity contribution in [1.29, 1.82) is 0 Å². The van der Waals surface area contributed by atoms with Crippen molar-refractivity contribution in [3.63, 3.8) is 0 Å². The third-order valence-corrected chi connectivity index (χ3v) is 2.95. The molecule has 0 radical (unpaired) electrons. The quantitative estimate of drug-likeness (QED) is 0.742. The van der Waals surface area contributed by atoms with Crippen LogP contribution in [0.1, 0.15) is 44.7 Å². The van der Waals surface area contributed by atoms with E-state index >= 15 is 0 Å². The maximum atomic E-state index is 9.43. The van der Waals surface area contributed by atoms with Gasteiger partial charge in [0.25, 0.3) is 0 Å². The molecule has 0 fully saturated rings. The van der Waals surface area contributed by atoms with Crippen molar-refractivity contribution in [2.24, 2.45) is 0 Å². The van der Waals surface area contributed by atoms with Crippen molar-refractivity contribution >= 4 is 0 Å². The molecule has 90 valence electrons. The normalized spacial score (nSPS) is 14.7. The zero-order chi connectivity index (χ0) is 11.8. The molecule has 0 heterocycles. The average Bonchev–Trinajstić information content (AvgIpc) is 2.35. The van der Waals surface area contributed by atoms with Crippen LogP contribution in [0.15, 0.2) is 30.3 Å². The summed E-state index contributed by atoms with van der Waals surface area (Å²) in [4.78, 5) is 0. The molecule has 2 heteroatoms. The number of aliphatic hydroxyl groups excluding tert-OH is 1. The topological polar surface area (TPSA) is 32.3 Å². The molecular formula is C14H23NO. The molecule has 2 atom stereocenters. The van der Waals surface area contributed by atoms with E-state index in [1.54, 1.807) is 0 Å². The first-order chi connectivity index (χ1) is 7.81. The average molecular weight is 221 g/mol. The second-order valence-corrected chi connectivity index (χ2v) is 4.21. The molecule has 1 aromatic carbocycles. The molecule has 0 aromatic heterocycles. The van der Waals surface area contributed by atoms with Gasteiger partial charge in [0.15, 0.2) is 0 Å². The van der Waals surface area contributed by atoms with Gasteiger partial charge in [0.2, 0.25) is 0 Å². The fourth-order valence-corrected chi connectivity index (χ4v) is 1.98. The standard InChI is InChI=1S/C14H23NO/c1-3-8-13(4-2)15-14(11-16)12-9-6-5-7-10-12/h5-7,9-10,13-16H,3-4,8,11H2,1-2H3. The summed E-state index contributed by atoms with van der Waals surface area (Å²) in [5, 5.41) is 13.0. The Labute approximate surface area is 98.7 Å². The summed E-state index contributed by atoms with van der Waals surface area (Å²) in [6, 6.07) is 10.7. The zero-order valence-electron chi connectivity index (χ0n) is 10.3. The summed E-state index contributed by atoms with van der Waals surface area (Å²) in [5.41, 5.74) is 1.17. The molecule has 0 aliphatic heterocycles. The lowest BCUT2D eigenvalue weighted by Crippen LogP contribution is -2.34. The number of nitrogens with one attached hydrogen (secondary N) is 1. The highest BCUT2D eigenvalue weighted by Gasteiger charge is 2.13. The summed E-state index contributed by atoms with van der Waals surface area (Å²) in [6.45, 7) is 4.54. The lowest BCUT2D eigenvalue weighted by Gasteiger charge is -2.23. The van der Waals surface area contributed by atoms with Crippen LogP contribution >= 0.6 is 0 Å². The van der Waals surface area contributed by atoms with Gasteiger partial charge < -0.3 is 10.4 Å². The van der Waals surface area contributed by atoms with Gasteiger partial charge in [-0.15, -0.1) is 0 Å². The molecule has 1 rings (SSSR count). The third-order valence-electron chi connectivity index (χ3n) is 2.95. The molecule has 0 aliphatic rings. The van der Waals surface area contributed by atoms with E-state index in [2.05, 4.69) is 31.3 Å². The van der Waals surface area contributed by atoms with E-state index in [9.17, 15) is 5.11 Å². The first kappa shape index (κ1) is 13.2. The van der Waals surface area contributed by atoms with Gasteiger partial charge in [0.1, 0.15) is 0 Å². The molecule has 0 aliphatic carbocycles. The molecule has 0 saturated carbocycles. The Balaban J connectivity index is 2.61. The fourth-order valence-electron chi connectivity index (χ4n) is 1.98. The first-order valence-corrected chi connectivity index (χ1v) is 6.23. The second-order valence-electron chi connectivity index (χ2n) is 4.21. The van der Waals surface area contributed by atoms with Crippen LogP contribution < -0.4 is 5.32 Å². The summed E-state index contributed by atoms with van der Waals surface area (Å²) >= 11 is 0. The van der Waals surface area contributed by atoms with Gasteiger partial charge in [-0.3, -0.25) is 0 Å². The van der Waals surface area contributed by atoms with Crippen molar-refractivity contribution in [2.75, 3.05) is 6.61 Å². The smallest absolute Gasteiger partial charge is 0.0626 e. The van der Waals surface area contributed by atoms with Crippen LogP contribution in [0.25, 0.3) is 0 Å². The zero-order valence-corrected chi connectivity index (χ0v) is 10.3. The second kappa shape index (κ2) is 7.42. The lowest BCUT2D eigenvalue weighted by molar-refractivity contribution is 0.228. The van der Waals surface area contributed by atoms with Gasteiger partial charge in [-0.25, -0.2) is 0 Å². The van der Waals surface area contributed by atoms with Gasteiger partial charge in [0.05, 0.1) is 12.6 Å². The van der Waals surface area contributed by atoms with Gasteiger partial charge >= 0.3 is 0 Å². The SMILES string of the molecule is CCCC(CC)NC(CO)c1ccccc1. The molecule has 2 N–H and O–H groups in total. The Kier molecular flexibility index (Phi) is 6.12. The minimum Gasteiger partial charge on any atom is -0.394 e. The molecule has 0 amide bonds. The van der Waals surface area contributed by atoms with E-state index < -0.39 is 0 Å². The molecule has 0 saturated heterocycles. The summed E-state index contributed by atoms with van der Waals surface area (Å²) in [7, 11) is 0. The van der Waals surface area contributed by atoms with E-state index in [1.807, 2.05) is 18.2 Å². The predicted octanol–water partition coefficient (Wildman–Crippen LogP) is 2.89. The number of rotatable bonds is 7. The summed E-state index contributed by atoms with van der Waals surface area (Å²) < 4.78 is 0. The van der Waals surface area contributed by atoms with Crippen molar-refractivity contribution in [3.05, 3.63) is 35.9 Å². The van der Waals surface area contributed by atoms with Gasteiger partial charge in [-0.1, -0.05) is 50.6 Å². The Morgan fingerprint density at radius 2 is 1.88 bits per heavy atom. The number of aliphatic hydroxyl groups is 1. The van der Waals surface area contributed by atoms with Gasteiger partial charge in [-0.05, 0) is 18.4 Å². The minimum absolute atomic E-state index is 0.0673. The van der Waals surface area contributed by atoms with Crippen LogP contribution in [0.5, 0.6) is 0 Å². The van der Waals surface area contributed by atoms with Gasteiger partial charge in [-0.2, -0.15) is 0 Å². The van der Waals surface area contributed by atoms with E-state index in [-0.39, 0.29) is 12.6 Å².